The van der Waals surface area contributed by atoms with E-state index in [9.17, 15) is 14.4 Å². The van der Waals surface area contributed by atoms with Gasteiger partial charge in [-0.25, -0.2) is 0 Å². The van der Waals surface area contributed by atoms with E-state index in [-0.39, 0.29) is 18.7 Å². The molecule has 0 aliphatic heterocycles. The van der Waals surface area contributed by atoms with Crippen LogP contribution in [0.1, 0.15) is 34.3 Å². The Morgan fingerprint density at radius 1 is 0.885 bits per heavy atom. The number of rotatable bonds is 5. The molecule has 0 aliphatic rings. The number of aryl methyl sites for hydroxylation is 2. The summed E-state index contributed by atoms with van der Waals surface area (Å²) in [5, 5.41) is 2.75. The first-order chi connectivity index (χ1) is 12.4. The molecule has 0 radical (unpaired) electrons. The molecule has 0 heterocycles. The van der Waals surface area contributed by atoms with Gasteiger partial charge in [-0.1, -0.05) is 18.2 Å². The molecule has 0 fully saturated rings. The number of hydrogen-bond acceptors (Lipinski definition) is 3. The predicted octanol–water partition coefficient (Wildman–Crippen LogP) is 3.25. The molecule has 3 N–H and O–H groups in total. The lowest BCUT2D eigenvalue weighted by atomic mass is 10.1. The molecular weight excluding hydrogens is 398 g/mol. The first-order valence-corrected chi connectivity index (χ1v) is 8.87. The predicted molar refractivity (Wildman–Crippen MR) is 104 cm³/mol. The molecule has 0 aliphatic carbocycles. The van der Waals surface area contributed by atoms with Crippen LogP contribution in [0.2, 0.25) is 0 Å². The number of carbonyl (C=O) groups excluding carboxylic acids is 3. The highest BCUT2D eigenvalue weighted by Crippen LogP contribution is 2.15. The Hall–Kier alpha value is -2.67. The molecule has 0 atom stereocenters. The highest BCUT2D eigenvalue weighted by atomic mass is 79.9. The Labute approximate surface area is 160 Å². The summed E-state index contributed by atoms with van der Waals surface area (Å²) >= 11 is 3.27. The van der Waals surface area contributed by atoms with Crippen LogP contribution in [0.4, 0.5) is 5.69 Å². The van der Waals surface area contributed by atoms with Crippen LogP contribution in [0.3, 0.4) is 0 Å². The second-order valence-electron chi connectivity index (χ2n) is 5.83. The van der Waals surface area contributed by atoms with Crippen LogP contribution in [0.15, 0.2) is 46.9 Å². The highest BCUT2D eigenvalue weighted by molar-refractivity contribution is 9.10. The Morgan fingerprint density at radius 3 is 2.27 bits per heavy atom. The van der Waals surface area contributed by atoms with Gasteiger partial charge in [0.25, 0.3) is 5.91 Å². The summed E-state index contributed by atoms with van der Waals surface area (Å²) in [5.74, 6) is -1.15. The number of anilines is 1. The third-order valence-corrected chi connectivity index (χ3v) is 4.50. The largest absolute Gasteiger partial charge is 0.326 e. The van der Waals surface area contributed by atoms with Gasteiger partial charge in [0.1, 0.15) is 0 Å². The van der Waals surface area contributed by atoms with E-state index in [2.05, 4.69) is 32.1 Å². The van der Waals surface area contributed by atoms with Gasteiger partial charge in [-0.15, -0.1) is 0 Å². The van der Waals surface area contributed by atoms with Gasteiger partial charge < -0.3 is 5.32 Å². The number of nitrogens with one attached hydrogen (secondary N) is 3. The van der Waals surface area contributed by atoms with E-state index in [4.69, 9.17) is 0 Å². The summed E-state index contributed by atoms with van der Waals surface area (Å²) in [6.07, 6.45) is -0.0173. The minimum atomic E-state index is -0.444. The van der Waals surface area contributed by atoms with Gasteiger partial charge in [0.15, 0.2) is 0 Å². The number of benzene rings is 2. The number of hydrazine groups is 1. The second-order valence-corrected chi connectivity index (χ2v) is 6.68. The molecule has 0 aromatic heterocycles. The van der Waals surface area contributed by atoms with Gasteiger partial charge in [0, 0.05) is 23.0 Å². The third-order valence-electron chi connectivity index (χ3n) is 3.80. The fraction of sp³-hybridized carbons (Fsp3) is 0.211. The lowest BCUT2D eigenvalue weighted by molar-refractivity contribution is -0.124. The van der Waals surface area contributed by atoms with Crippen molar-refractivity contribution in [2.24, 2.45) is 0 Å². The first kappa shape index (κ1) is 19.7. The van der Waals surface area contributed by atoms with Crippen molar-refractivity contribution in [3.63, 3.8) is 0 Å². The van der Waals surface area contributed by atoms with Crippen molar-refractivity contribution >= 4 is 39.3 Å². The molecule has 0 spiro atoms. The van der Waals surface area contributed by atoms with Gasteiger partial charge in [-0.05, 0) is 65.2 Å². The molecule has 7 heteroatoms. The van der Waals surface area contributed by atoms with E-state index in [0.29, 0.717) is 15.7 Å². The fourth-order valence-electron chi connectivity index (χ4n) is 2.17. The Balaban J connectivity index is 1.76. The molecule has 3 amide bonds. The molecule has 26 heavy (non-hydrogen) atoms. The molecule has 0 bridgehead atoms. The zero-order valence-corrected chi connectivity index (χ0v) is 16.1. The smallest absolute Gasteiger partial charge is 0.270 e. The summed E-state index contributed by atoms with van der Waals surface area (Å²) in [6.45, 7) is 3.96. The number of carbonyl (C=O) groups is 3. The maximum absolute atomic E-state index is 12.0. The summed E-state index contributed by atoms with van der Waals surface area (Å²) in [7, 11) is 0. The van der Waals surface area contributed by atoms with E-state index in [1.807, 2.05) is 32.0 Å². The minimum Gasteiger partial charge on any atom is -0.326 e. The Morgan fingerprint density at radius 2 is 1.58 bits per heavy atom. The summed E-state index contributed by atoms with van der Waals surface area (Å²) < 4.78 is 0.625. The van der Waals surface area contributed by atoms with Crippen LogP contribution in [-0.4, -0.2) is 17.7 Å². The van der Waals surface area contributed by atoms with Gasteiger partial charge in [-0.2, -0.15) is 0 Å². The summed E-state index contributed by atoms with van der Waals surface area (Å²) in [4.78, 5) is 35.7. The van der Waals surface area contributed by atoms with Crippen molar-refractivity contribution in [3.8, 4) is 0 Å². The van der Waals surface area contributed by atoms with Crippen molar-refractivity contribution in [3.05, 3.63) is 63.6 Å². The zero-order valence-electron chi connectivity index (χ0n) is 14.6. The summed E-state index contributed by atoms with van der Waals surface area (Å²) in [5.41, 5.74) is 7.95. The van der Waals surface area contributed by atoms with Crippen molar-refractivity contribution < 1.29 is 14.4 Å². The molecule has 6 nitrogen and oxygen atoms in total. The van der Waals surface area contributed by atoms with Crippen molar-refractivity contribution in [2.45, 2.75) is 26.7 Å². The van der Waals surface area contributed by atoms with Crippen molar-refractivity contribution in [2.75, 3.05) is 5.32 Å². The fourth-order valence-corrected chi connectivity index (χ4v) is 2.64. The van der Waals surface area contributed by atoms with Crippen LogP contribution in [0, 0.1) is 13.8 Å². The topological polar surface area (TPSA) is 87.3 Å². The van der Waals surface area contributed by atoms with Crippen LogP contribution in [0.5, 0.6) is 0 Å². The van der Waals surface area contributed by atoms with E-state index >= 15 is 0 Å². The van der Waals surface area contributed by atoms with E-state index < -0.39 is 11.8 Å². The molecule has 0 saturated carbocycles. The van der Waals surface area contributed by atoms with Gasteiger partial charge in [-0.3, -0.25) is 25.2 Å². The Kier molecular flexibility index (Phi) is 6.91. The van der Waals surface area contributed by atoms with E-state index in [0.717, 1.165) is 11.1 Å². The quantitative estimate of drug-likeness (QED) is 0.652. The normalized spacial score (nSPS) is 10.1. The standard InChI is InChI=1S/C19H20BrN3O3/c1-12-7-8-14(11-13(12)2)21-17(24)9-10-18(25)22-23-19(26)15-5-3-4-6-16(15)20/h3-8,11H,9-10H2,1-2H3,(H,21,24)(H,22,25)(H,23,26). The van der Waals surface area contributed by atoms with Crippen LogP contribution < -0.4 is 16.2 Å². The monoisotopic (exact) mass is 417 g/mol. The van der Waals surface area contributed by atoms with Gasteiger partial charge in [0.05, 0.1) is 5.56 Å². The van der Waals surface area contributed by atoms with Crippen molar-refractivity contribution in [1.82, 2.24) is 10.9 Å². The van der Waals surface area contributed by atoms with Gasteiger partial charge in [0.2, 0.25) is 11.8 Å². The maximum Gasteiger partial charge on any atom is 0.270 e. The van der Waals surface area contributed by atoms with Crippen molar-refractivity contribution in [1.29, 1.82) is 0 Å². The average molecular weight is 418 g/mol. The molecule has 2 rings (SSSR count). The lowest BCUT2D eigenvalue weighted by Gasteiger charge is -2.09. The highest BCUT2D eigenvalue weighted by Gasteiger charge is 2.11. The number of amides is 3. The molecule has 136 valence electrons. The minimum absolute atomic E-state index is 0.0175. The van der Waals surface area contributed by atoms with Crippen LogP contribution >= 0.6 is 15.9 Å². The lowest BCUT2D eigenvalue weighted by Crippen LogP contribution is -2.41. The molecule has 2 aromatic carbocycles. The SMILES string of the molecule is Cc1ccc(NC(=O)CCC(=O)NNC(=O)c2ccccc2Br)cc1C. The number of halogens is 1. The maximum atomic E-state index is 12.0. The number of hydrogen-bond donors (Lipinski definition) is 3. The van der Waals surface area contributed by atoms with Crippen LogP contribution in [0.25, 0.3) is 0 Å². The molecular formula is C19H20BrN3O3. The van der Waals surface area contributed by atoms with Crippen LogP contribution in [-0.2, 0) is 9.59 Å². The average Bonchev–Trinajstić information content (AvgIpc) is 2.61. The first-order valence-electron chi connectivity index (χ1n) is 8.07. The zero-order chi connectivity index (χ0) is 19.1. The Bertz CT molecular complexity index is 837. The third kappa shape index (κ3) is 5.70. The van der Waals surface area contributed by atoms with E-state index in [1.54, 1.807) is 24.3 Å². The second kappa shape index (κ2) is 9.15. The van der Waals surface area contributed by atoms with Gasteiger partial charge >= 0.3 is 0 Å². The molecule has 0 saturated heterocycles. The molecule has 2 aromatic rings. The summed E-state index contributed by atoms with van der Waals surface area (Å²) in [6, 6.07) is 12.5. The van der Waals surface area contributed by atoms with E-state index in [1.165, 1.54) is 0 Å². The molecule has 0 unspecified atom stereocenters.